The van der Waals surface area contributed by atoms with E-state index < -0.39 is 0 Å². The highest BCUT2D eigenvalue weighted by Gasteiger charge is 2.15. The molecular formula is C18H17ClN2O2S. The van der Waals surface area contributed by atoms with Gasteiger partial charge in [-0.25, -0.2) is 4.98 Å². The standard InChI is InChI=1S/C18H17ClN2O2S/c1-2-15(12-5-3-6-13(19)9-12)21-17(22)10-14-11-24-18(20-14)16-7-4-8-23-16/h3-9,11,15H,2,10H2,1H3,(H,21,22). The number of nitrogens with one attached hydrogen (secondary N) is 1. The molecule has 0 fully saturated rings. The van der Waals surface area contributed by atoms with Crippen LogP contribution in [0.25, 0.3) is 10.8 Å². The van der Waals surface area contributed by atoms with E-state index >= 15 is 0 Å². The molecule has 3 aromatic rings. The number of hydrogen-bond acceptors (Lipinski definition) is 4. The Bertz CT molecular complexity index is 814. The lowest BCUT2D eigenvalue weighted by molar-refractivity contribution is -0.121. The molecule has 0 spiro atoms. The Balaban J connectivity index is 1.64. The van der Waals surface area contributed by atoms with Crippen LogP contribution in [0.1, 0.15) is 30.6 Å². The number of furan rings is 1. The van der Waals surface area contributed by atoms with Crippen molar-refractivity contribution < 1.29 is 9.21 Å². The third-order valence-electron chi connectivity index (χ3n) is 3.62. The molecule has 0 aliphatic heterocycles. The van der Waals surface area contributed by atoms with E-state index in [1.807, 2.05) is 48.7 Å². The van der Waals surface area contributed by atoms with Gasteiger partial charge in [0.2, 0.25) is 5.91 Å². The quantitative estimate of drug-likeness (QED) is 0.682. The zero-order chi connectivity index (χ0) is 16.9. The maximum absolute atomic E-state index is 12.3. The Labute approximate surface area is 149 Å². The van der Waals surface area contributed by atoms with Crippen molar-refractivity contribution in [3.05, 3.63) is 64.3 Å². The normalized spacial score (nSPS) is 12.1. The Morgan fingerprint density at radius 3 is 2.96 bits per heavy atom. The number of rotatable bonds is 6. The molecule has 1 aromatic carbocycles. The van der Waals surface area contributed by atoms with Crippen LogP contribution in [0.3, 0.4) is 0 Å². The first kappa shape index (κ1) is 16.7. The first-order valence-corrected chi connectivity index (χ1v) is 8.94. The van der Waals surface area contributed by atoms with Crippen LogP contribution in [0, 0.1) is 0 Å². The van der Waals surface area contributed by atoms with Crippen molar-refractivity contribution in [2.45, 2.75) is 25.8 Å². The maximum Gasteiger partial charge on any atom is 0.226 e. The van der Waals surface area contributed by atoms with Gasteiger partial charge < -0.3 is 9.73 Å². The van der Waals surface area contributed by atoms with Crippen molar-refractivity contribution in [2.75, 3.05) is 0 Å². The number of carbonyl (C=O) groups is 1. The van der Waals surface area contributed by atoms with Crippen LogP contribution in [-0.2, 0) is 11.2 Å². The molecule has 0 saturated heterocycles. The van der Waals surface area contributed by atoms with Crippen molar-refractivity contribution in [3.63, 3.8) is 0 Å². The molecule has 0 radical (unpaired) electrons. The summed E-state index contributed by atoms with van der Waals surface area (Å²) in [6.45, 7) is 2.03. The highest BCUT2D eigenvalue weighted by molar-refractivity contribution is 7.13. The number of nitrogens with zero attached hydrogens (tertiary/aromatic N) is 1. The number of thiazole rings is 1. The average molecular weight is 361 g/mol. The Morgan fingerprint density at radius 1 is 1.38 bits per heavy atom. The molecule has 4 nitrogen and oxygen atoms in total. The van der Waals surface area contributed by atoms with E-state index in [1.165, 1.54) is 11.3 Å². The fourth-order valence-corrected chi connectivity index (χ4v) is 3.44. The van der Waals surface area contributed by atoms with E-state index in [-0.39, 0.29) is 18.4 Å². The Morgan fingerprint density at radius 2 is 2.25 bits per heavy atom. The van der Waals surface area contributed by atoms with Crippen molar-refractivity contribution in [1.82, 2.24) is 10.3 Å². The first-order valence-electron chi connectivity index (χ1n) is 7.69. The van der Waals surface area contributed by atoms with E-state index in [9.17, 15) is 4.79 Å². The zero-order valence-corrected chi connectivity index (χ0v) is 14.7. The van der Waals surface area contributed by atoms with E-state index in [2.05, 4.69) is 10.3 Å². The third-order valence-corrected chi connectivity index (χ3v) is 4.76. The maximum atomic E-state index is 12.3. The van der Waals surface area contributed by atoms with Gasteiger partial charge in [-0.2, -0.15) is 0 Å². The van der Waals surface area contributed by atoms with Crippen LogP contribution >= 0.6 is 22.9 Å². The van der Waals surface area contributed by atoms with Crippen LogP contribution in [-0.4, -0.2) is 10.9 Å². The van der Waals surface area contributed by atoms with Gasteiger partial charge in [0.25, 0.3) is 0 Å². The van der Waals surface area contributed by atoms with Crippen molar-refractivity contribution >= 4 is 28.8 Å². The molecule has 24 heavy (non-hydrogen) atoms. The largest absolute Gasteiger partial charge is 0.462 e. The summed E-state index contributed by atoms with van der Waals surface area (Å²) in [6, 6.07) is 11.2. The second-order valence-electron chi connectivity index (χ2n) is 5.38. The third kappa shape index (κ3) is 4.04. The number of aromatic nitrogens is 1. The minimum atomic E-state index is -0.0573. The van der Waals surface area contributed by atoms with E-state index in [1.54, 1.807) is 6.26 Å². The highest BCUT2D eigenvalue weighted by atomic mass is 35.5. The highest BCUT2D eigenvalue weighted by Crippen LogP contribution is 2.24. The predicted molar refractivity (Wildman–Crippen MR) is 96.1 cm³/mol. The van der Waals surface area contributed by atoms with Gasteiger partial charge >= 0.3 is 0 Å². The molecule has 1 atom stereocenters. The number of benzene rings is 1. The molecule has 0 saturated carbocycles. The molecular weight excluding hydrogens is 344 g/mol. The molecule has 124 valence electrons. The van der Waals surface area contributed by atoms with Gasteiger partial charge in [-0.1, -0.05) is 30.7 Å². The smallest absolute Gasteiger partial charge is 0.226 e. The lowest BCUT2D eigenvalue weighted by atomic mass is 10.0. The number of carbonyl (C=O) groups excluding carboxylic acids is 1. The molecule has 2 heterocycles. The van der Waals surface area contributed by atoms with Gasteiger partial charge in [0.1, 0.15) is 0 Å². The fourth-order valence-electron chi connectivity index (χ4n) is 2.46. The monoisotopic (exact) mass is 360 g/mol. The molecule has 1 unspecified atom stereocenters. The number of halogens is 1. The summed E-state index contributed by atoms with van der Waals surface area (Å²) in [5.74, 6) is 0.662. The second-order valence-corrected chi connectivity index (χ2v) is 6.68. The van der Waals surface area contributed by atoms with E-state index in [0.29, 0.717) is 5.02 Å². The predicted octanol–water partition coefficient (Wildman–Crippen LogP) is 4.87. The number of amides is 1. The molecule has 3 rings (SSSR count). The van der Waals surface area contributed by atoms with Crippen molar-refractivity contribution in [1.29, 1.82) is 0 Å². The zero-order valence-electron chi connectivity index (χ0n) is 13.2. The summed E-state index contributed by atoms with van der Waals surface area (Å²) in [7, 11) is 0. The van der Waals surface area contributed by atoms with Gasteiger partial charge in [0.05, 0.1) is 24.4 Å². The minimum Gasteiger partial charge on any atom is -0.462 e. The molecule has 0 aliphatic carbocycles. The van der Waals surface area contributed by atoms with Crippen LogP contribution in [0.4, 0.5) is 0 Å². The van der Waals surface area contributed by atoms with E-state index in [4.69, 9.17) is 16.0 Å². The summed E-state index contributed by atoms with van der Waals surface area (Å²) in [6.07, 6.45) is 2.65. The number of hydrogen-bond donors (Lipinski definition) is 1. The topological polar surface area (TPSA) is 55.1 Å². The SMILES string of the molecule is CCC(NC(=O)Cc1csc(-c2ccco2)n1)c1cccc(Cl)c1. The Hall–Kier alpha value is -2.11. The minimum absolute atomic E-state index is 0.0561. The van der Waals surface area contributed by atoms with Gasteiger partial charge in [0, 0.05) is 10.4 Å². The van der Waals surface area contributed by atoms with Gasteiger partial charge in [-0.3, -0.25) is 4.79 Å². The summed E-state index contributed by atoms with van der Waals surface area (Å²) < 4.78 is 5.32. The van der Waals surface area contributed by atoms with Crippen molar-refractivity contribution in [3.8, 4) is 10.8 Å². The second kappa shape index (κ2) is 7.64. The summed E-state index contributed by atoms with van der Waals surface area (Å²) in [4.78, 5) is 16.8. The summed E-state index contributed by atoms with van der Waals surface area (Å²) >= 11 is 7.50. The first-order chi connectivity index (χ1) is 11.7. The van der Waals surface area contributed by atoms with Crippen LogP contribution in [0.15, 0.2) is 52.5 Å². The fraction of sp³-hybridized carbons (Fsp3) is 0.222. The lowest BCUT2D eigenvalue weighted by Crippen LogP contribution is -2.29. The Kier molecular flexibility index (Phi) is 5.33. The average Bonchev–Trinajstić information content (AvgIpc) is 3.23. The van der Waals surface area contributed by atoms with Crippen molar-refractivity contribution in [2.24, 2.45) is 0 Å². The molecule has 1 amide bonds. The van der Waals surface area contributed by atoms with Gasteiger partial charge in [-0.15, -0.1) is 11.3 Å². The summed E-state index contributed by atoms with van der Waals surface area (Å²) in [5.41, 5.74) is 1.75. The lowest BCUT2D eigenvalue weighted by Gasteiger charge is -2.17. The van der Waals surface area contributed by atoms with Gasteiger partial charge in [-0.05, 0) is 36.2 Å². The van der Waals surface area contributed by atoms with Crippen LogP contribution < -0.4 is 5.32 Å². The molecule has 6 heteroatoms. The van der Waals surface area contributed by atoms with Crippen LogP contribution in [0.2, 0.25) is 5.02 Å². The summed E-state index contributed by atoms with van der Waals surface area (Å²) in [5, 5.41) is 6.38. The molecule has 0 aliphatic rings. The van der Waals surface area contributed by atoms with Crippen LogP contribution in [0.5, 0.6) is 0 Å². The molecule has 2 aromatic heterocycles. The van der Waals surface area contributed by atoms with E-state index in [0.717, 1.165) is 28.4 Å². The van der Waals surface area contributed by atoms with Gasteiger partial charge in [0.15, 0.2) is 10.8 Å². The molecule has 1 N–H and O–H groups in total. The molecule has 0 bridgehead atoms.